The number of sulfonamides is 1. The molecule has 1 aromatic carbocycles. The van der Waals surface area contributed by atoms with Crippen molar-refractivity contribution in [2.24, 2.45) is 0 Å². The van der Waals surface area contributed by atoms with E-state index in [1.165, 1.54) is 27.8 Å². The van der Waals surface area contributed by atoms with E-state index in [2.05, 4.69) is 0 Å². The van der Waals surface area contributed by atoms with Crippen LogP contribution in [0.3, 0.4) is 0 Å². The largest absolute Gasteiger partial charge is 0.274 e. The lowest BCUT2D eigenvalue weighted by molar-refractivity contribution is 0.562. The van der Waals surface area contributed by atoms with E-state index in [0.29, 0.717) is 9.90 Å². The van der Waals surface area contributed by atoms with Crippen LogP contribution in [-0.2, 0) is 16.4 Å². The predicted molar refractivity (Wildman–Crippen MR) is 78.2 cm³/mol. The zero-order valence-corrected chi connectivity index (χ0v) is 12.5. The van der Waals surface area contributed by atoms with E-state index in [1.54, 1.807) is 23.6 Å². The molecule has 0 N–H and O–H groups in total. The van der Waals surface area contributed by atoms with Gasteiger partial charge in [0.05, 0.1) is 5.69 Å². The molecule has 0 aliphatic carbocycles. The second kappa shape index (κ2) is 4.86. The van der Waals surface area contributed by atoms with Crippen LogP contribution in [0.5, 0.6) is 0 Å². The molecule has 0 bridgehead atoms. The fourth-order valence-electron chi connectivity index (χ4n) is 2.55. The van der Waals surface area contributed by atoms with E-state index in [1.807, 2.05) is 6.92 Å². The summed E-state index contributed by atoms with van der Waals surface area (Å²) in [7, 11) is -3.61. The van der Waals surface area contributed by atoms with Crippen LogP contribution in [0.1, 0.15) is 18.9 Å². The third-order valence-corrected chi connectivity index (χ3v) is 6.83. The van der Waals surface area contributed by atoms with Crippen molar-refractivity contribution >= 4 is 27.0 Å². The van der Waals surface area contributed by atoms with Gasteiger partial charge in [-0.05, 0) is 48.9 Å². The Morgan fingerprint density at radius 3 is 2.85 bits per heavy atom. The maximum atomic E-state index is 13.5. The van der Waals surface area contributed by atoms with E-state index in [4.69, 9.17) is 0 Å². The molecular formula is C14H14FNO2S2. The summed E-state index contributed by atoms with van der Waals surface area (Å²) in [6.07, 6.45) is 1.51. The molecule has 0 saturated heterocycles. The number of nitrogens with zero attached hydrogens (tertiary/aromatic N) is 1. The molecule has 106 valence electrons. The van der Waals surface area contributed by atoms with Crippen molar-refractivity contribution in [1.29, 1.82) is 0 Å². The first kappa shape index (κ1) is 13.6. The highest BCUT2D eigenvalue weighted by Gasteiger charge is 2.34. The van der Waals surface area contributed by atoms with E-state index < -0.39 is 15.8 Å². The molecule has 6 heteroatoms. The van der Waals surface area contributed by atoms with Gasteiger partial charge in [0.2, 0.25) is 0 Å². The molecule has 0 saturated carbocycles. The van der Waals surface area contributed by atoms with Crippen LogP contribution in [0.15, 0.2) is 39.9 Å². The summed E-state index contributed by atoms with van der Waals surface area (Å²) >= 11 is 1.18. The first-order valence-electron chi connectivity index (χ1n) is 6.36. The summed E-state index contributed by atoms with van der Waals surface area (Å²) in [6.45, 7) is 1.86. The Labute approximate surface area is 121 Å². The maximum absolute atomic E-state index is 13.5. The molecular weight excluding hydrogens is 297 g/mol. The van der Waals surface area contributed by atoms with Gasteiger partial charge in [0.15, 0.2) is 0 Å². The third kappa shape index (κ3) is 2.13. The van der Waals surface area contributed by atoms with E-state index >= 15 is 0 Å². The van der Waals surface area contributed by atoms with Gasteiger partial charge in [-0.1, -0.05) is 12.1 Å². The minimum Gasteiger partial charge on any atom is -0.263 e. The average Bonchev–Trinajstić information content (AvgIpc) is 2.92. The van der Waals surface area contributed by atoms with Crippen molar-refractivity contribution in [3.05, 3.63) is 47.1 Å². The Balaban J connectivity index is 2.17. The van der Waals surface area contributed by atoms with Gasteiger partial charge in [0, 0.05) is 6.04 Å². The predicted octanol–water partition coefficient (Wildman–Crippen LogP) is 3.42. The fourth-order valence-corrected chi connectivity index (χ4v) is 5.34. The number of halogens is 1. The van der Waals surface area contributed by atoms with Crippen LogP contribution in [-0.4, -0.2) is 14.5 Å². The lowest BCUT2D eigenvalue weighted by Crippen LogP contribution is -2.41. The van der Waals surface area contributed by atoms with Crippen LogP contribution >= 0.6 is 11.3 Å². The molecule has 0 spiro atoms. The summed E-state index contributed by atoms with van der Waals surface area (Å²) in [5, 5.41) is 1.73. The first-order chi connectivity index (χ1) is 9.50. The lowest BCUT2D eigenvalue weighted by atomic mass is 9.99. The summed E-state index contributed by atoms with van der Waals surface area (Å²) in [5.74, 6) is -0.413. The Bertz CT molecular complexity index is 726. The van der Waals surface area contributed by atoms with Gasteiger partial charge in [-0.2, -0.15) is 0 Å². The summed E-state index contributed by atoms with van der Waals surface area (Å²) < 4.78 is 40.7. The van der Waals surface area contributed by atoms with Gasteiger partial charge in [0.1, 0.15) is 10.0 Å². The van der Waals surface area contributed by atoms with Crippen molar-refractivity contribution in [2.45, 2.75) is 30.0 Å². The van der Waals surface area contributed by atoms with Crippen LogP contribution in [0.25, 0.3) is 0 Å². The Kier molecular flexibility index (Phi) is 3.30. The van der Waals surface area contributed by atoms with Gasteiger partial charge >= 0.3 is 0 Å². The lowest BCUT2D eigenvalue weighted by Gasteiger charge is -2.35. The second-order valence-corrected chi connectivity index (χ2v) is 7.88. The highest BCUT2D eigenvalue weighted by molar-refractivity contribution is 7.94. The SMILES string of the molecule is C[C@H]1CCc2ccc(F)cc2N1S(=O)(=O)c1cccs1. The van der Waals surface area contributed by atoms with Crippen molar-refractivity contribution in [3.63, 3.8) is 0 Å². The Morgan fingerprint density at radius 1 is 1.35 bits per heavy atom. The maximum Gasteiger partial charge on any atom is 0.274 e. The normalized spacial score (nSPS) is 18.9. The van der Waals surface area contributed by atoms with Gasteiger partial charge in [-0.3, -0.25) is 4.31 Å². The molecule has 0 unspecified atom stereocenters. The molecule has 1 aromatic heterocycles. The summed E-state index contributed by atoms with van der Waals surface area (Å²) in [5.41, 5.74) is 1.35. The number of benzene rings is 1. The van der Waals surface area contributed by atoms with Gasteiger partial charge < -0.3 is 0 Å². The molecule has 1 aliphatic rings. The van der Waals surface area contributed by atoms with E-state index in [-0.39, 0.29) is 6.04 Å². The van der Waals surface area contributed by atoms with Crippen molar-refractivity contribution in [1.82, 2.24) is 0 Å². The highest BCUT2D eigenvalue weighted by Crippen LogP contribution is 2.36. The monoisotopic (exact) mass is 311 g/mol. The molecule has 0 fully saturated rings. The smallest absolute Gasteiger partial charge is 0.263 e. The van der Waals surface area contributed by atoms with Crippen LogP contribution in [0, 0.1) is 5.82 Å². The number of thiophene rings is 1. The van der Waals surface area contributed by atoms with E-state index in [0.717, 1.165) is 18.4 Å². The Hall–Kier alpha value is -1.40. The van der Waals surface area contributed by atoms with E-state index in [9.17, 15) is 12.8 Å². The van der Waals surface area contributed by atoms with Crippen LogP contribution in [0.2, 0.25) is 0 Å². The molecule has 2 aromatic rings. The summed E-state index contributed by atoms with van der Waals surface area (Å²) in [6, 6.07) is 7.49. The van der Waals surface area contributed by atoms with Crippen molar-refractivity contribution in [2.75, 3.05) is 4.31 Å². The number of hydrogen-bond acceptors (Lipinski definition) is 3. The quantitative estimate of drug-likeness (QED) is 0.852. The van der Waals surface area contributed by atoms with Crippen LogP contribution < -0.4 is 4.31 Å². The average molecular weight is 311 g/mol. The highest BCUT2D eigenvalue weighted by atomic mass is 32.2. The molecule has 1 atom stereocenters. The second-order valence-electron chi connectivity index (χ2n) is 4.89. The van der Waals surface area contributed by atoms with Gasteiger partial charge in [0.25, 0.3) is 10.0 Å². The minimum atomic E-state index is -3.61. The molecule has 3 rings (SSSR count). The number of hydrogen-bond donors (Lipinski definition) is 0. The van der Waals surface area contributed by atoms with Crippen LogP contribution in [0.4, 0.5) is 10.1 Å². The van der Waals surface area contributed by atoms with Crippen molar-refractivity contribution < 1.29 is 12.8 Å². The number of anilines is 1. The summed E-state index contributed by atoms with van der Waals surface area (Å²) in [4.78, 5) is 0. The zero-order valence-electron chi connectivity index (χ0n) is 10.9. The number of rotatable bonds is 2. The molecule has 0 amide bonds. The zero-order chi connectivity index (χ0) is 14.3. The topological polar surface area (TPSA) is 37.4 Å². The minimum absolute atomic E-state index is 0.170. The molecule has 3 nitrogen and oxygen atoms in total. The van der Waals surface area contributed by atoms with Crippen molar-refractivity contribution in [3.8, 4) is 0 Å². The standard InChI is InChI=1S/C14H14FNO2S2/c1-10-4-5-11-6-7-12(15)9-13(11)16(10)20(17,18)14-3-2-8-19-14/h2-3,6-10H,4-5H2,1H3/t10-/m0/s1. The first-order valence-corrected chi connectivity index (χ1v) is 8.68. The molecule has 2 heterocycles. The van der Waals surface area contributed by atoms with Gasteiger partial charge in [-0.15, -0.1) is 11.3 Å². The number of aryl methyl sites for hydroxylation is 1. The van der Waals surface area contributed by atoms with Gasteiger partial charge in [-0.25, -0.2) is 12.8 Å². The molecule has 20 heavy (non-hydrogen) atoms. The Morgan fingerprint density at radius 2 is 2.15 bits per heavy atom. The number of fused-ring (bicyclic) bond motifs is 1. The fraction of sp³-hybridized carbons (Fsp3) is 0.286. The third-order valence-electron chi connectivity index (χ3n) is 3.52. The molecule has 1 aliphatic heterocycles. The molecule has 0 radical (unpaired) electrons.